The number of sulfonamides is 1. The van der Waals surface area contributed by atoms with E-state index in [0.29, 0.717) is 13.1 Å². The second-order valence-corrected chi connectivity index (χ2v) is 6.40. The van der Waals surface area contributed by atoms with E-state index in [-0.39, 0.29) is 5.69 Å². The minimum absolute atomic E-state index is 0.244. The van der Waals surface area contributed by atoms with Gasteiger partial charge in [0.2, 0.25) is 10.0 Å². The molecule has 2 aromatic rings. The van der Waals surface area contributed by atoms with Gasteiger partial charge < -0.3 is 9.32 Å². The molecule has 0 atom stereocenters. The third-order valence-electron chi connectivity index (χ3n) is 3.28. The molecule has 0 unspecified atom stereocenters. The first-order valence-corrected chi connectivity index (χ1v) is 8.17. The largest absolute Gasteiger partial charge is 0.472 e. The Kier molecular flexibility index (Phi) is 4.71. The number of alkyl halides is 3. The van der Waals surface area contributed by atoms with Gasteiger partial charge in [-0.3, -0.25) is 0 Å². The van der Waals surface area contributed by atoms with E-state index in [2.05, 4.69) is 0 Å². The van der Waals surface area contributed by atoms with Crippen LogP contribution < -0.4 is 10.0 Å². The highest BCUT2D eigenvalue weighted by molar-refractivity contribution is 7.89. The van der Waals surface area contributed by atoms with Crippen LogP contribution in [0.1, 0.15) is 18.1 Å². The van der Waals surface area contributed by atoms with Crippen LogP contribution >= 0.6 is 0 Å². The molecule has 23 heavy (non-hydrogen) atoms. The highest BCUT2D eigenvalue weighted by Crippen LogP contribution is 2.36. The Balaban J connectivity index is 2.47. The summed E-state index contributed by atoms with van der Waals surface area (Å²) >= 11 is 0. The zero-order valence-corrected chi connectivity index (χ0v) is 13.0. The summed E-state index contributed by atoms with van der Waals surface area (Å²) in [5, 5.41) is 4.87. The molecule has 0 amide bonds. The van der Waals surface area contributed by atoms with Gasteiger partial charge in [-0.2, -0.15) is 13.2 Å². The molecule has 0 aliphatic rings. The van der Waals surface area contributed by atoms with Crippen LogP contribution in [0, 0.1) is 0 Å². The van der Waals surface area contributed by atoms with E-state index >= 15 is 0 Å². The number of benzene rings is 1. The number of primary sulfonamides is 1. The van der Waals surface area contributed by atoms with E-state index < -0.39 is 26.7 Å². The van der Waals surface area contributed by atoms with Crippen molar-refractivity contribution in [3.05, 3.63) is 47.9 Å². The molecule has 0 aliphatic heterocycles. The van der Waals surface area contributed by atoms with Crippen molar-refractivity contribution >= 4 is 15.7 Å². The van der Waals surface area contributed by atoms with E-state index in [1.54, 1.807) is 17.9 Å². The summed E-state index contributed by atoms with van der Waals surface area (Å²) in [7, 11) is -4.47. The Bertz CT molecular complexity index is 771. The van der Waals surface area contributed by atoms with Gasteiger partial charge in [0, 0.05) is 24.3 Å². The smallest absolute Gasteiger partial charge is 0.417 e. The molecule has 1 aromatic heterocycles. The van der Waals surface area contributed by atoms with Crippen LogP contribution in [-0.4, -0.2) is 15.0 Å². The maximum atomic E-state index is 13.1. The number of nitrogens with two attached hydrogens (primary N) is 1. The maximum Gasteiger partial charge on any atom is 0.417 e. The molecule has 0 fully saturated rings. The lowest BCUT2D eigenvalue weighted by molar-refractivity contribution is -0.139. The molecule has 1 heterocycles. The third kappa shape index (κ3) is 4.05. The van der Waals surface area contributed by atoms with Crippen LogP contribution in [0.5, 0.6) is 0 Å². The van der Waals surface area contributed by atoms with Crippen molar-refractivity contribution in [3.8, 4) is 0 Å². The van der Waals surface area contributed by atoms with Crippen molar-refractivity contribution in [1.82, 2.24) is 0 Å². The first-order valence-electron chi connectivity index (χ1n) is 6.63. The number of halogens is 3. The maximum absolute atomic E-state index is 13.1. The monoisotopic (exact) mass is 348 g/mol. The van der Waals surface area contributed by atoms with Crippen molar-refractivity contribution in [2.24, 2.45) is 5.14 Å². The van der Waals surface area contributed by atoms with E-state index in [9.17, 15) is 21.6 Å². The highest BCUT2D eigenvalue weighted by Gasteiger charge is 2.37. The summed E-state index contributed by atoms with van der Waals surface area (Å²) < 4.78 is 67.1. The molecule has 2 N–H and O–H groups in total. The van der Waals surface area contributed by atoms with Gasteiger partial charge in [0.1, 0.15) is 0 Å². The van der Waals surface area contributed by atoms with Crippen LogP contribution in [0.25, 0.3) is 0 Å². The Morgan fingerprint density at radius 1 is 1.26 bits per heavy atom. The molecule has 0 saturated carbocycles. The van der Waals surface area contributed by atoms with Crippen LogP contribution in [0.3, 0.4) is 0 Å². The fourth-order valence-corrected chi connectivity index (χ4v) is 2.91. The van der Waals surface area contributed by atoms with Crippen LogP contribution in [-0.2, 0) is 22.7 Å². The normalized spacial score (nSPS) is 12.4. The lowest BCUT2D eigenvalue weighted by Crippen LogP contribution is -2.24. The summed E-state index contributed by atoms with van der Waals surface area (Å²) in [4.78, 5) is 0.723. The van der Waals surface area contributed by atoms with E-state index in [0.717, 1.165) is 17.7 Å². The zero-order chi connectivity index (χ0) is 17.3. The van der Waals surface area contributed by atoms with Crippen molar-refractivity contribution in [3.63, 3.8) is 0 Å². The topological polar surface area (TPSA) is 76.5 Å². The van der Waals surface area contributed by atoms with Gasteiger partial charge in [-0.05, 0) is 31.2 Å². The quantitative estimate of drug-likeness (QED) is 0.901. The van der Waals surface area contributed by atoms with Gasteiger partial charge in [-0.25, -0.2) is 13.6 Å². The third-order valence-corrected chi connectivity index (χ3v) is 4.24. The van der Waals surface area contributed by atoms with Gasteiger partial charge in [0.25, 0.3) is 0 Å². The summed E-state index contributed by atoms with van der Waals surface area (Å²) in [5.41, 5.74) is -0.243. The zero-order valence-electron chi connectivity index (χ0n) is 12.2. The Morgan fingerprint density at radius 3 is 2.43 bits per heavy atom. The fraction of sp³-hybridized carbons (Fsp3) is 0.286. The molecule has 126 valence electrons. The van der Waals surface area contributed by atoms with Crippen molar-refractivity contribution < 1.29 is 26.0 Å². The average Bonchev–Trinajstić information content (AvgIpc) is 2.95. The second kappa shape index (κ2) is 6.25. The molecule has 5 nitrogen and oxygen atoms in total. The summed E-state index contributed by atoms with van der Waals surface area (Å²) in [6.45, 7) is 2.54. The molecule has 2 rings (SSSR count). The molecular weight excluding hydrogens is 333 g/mol. The van der Waals surface area contributed by atoms with Gasteiger partial charge in [0.05, 0.1) is 23.0 Å². The number of furan rings is 1. The number of hydrogen-bond acceptors (Lipinski definition) is 4. The van der Waals surface area contributed by atoms with Crippen LogP contribution in [0.15, 0.2) is 46.1 Å². The molecule has 0 bridgehead atoms. The summed E-state index contributed by atoms with van der Waals surface area (Å²) in [5.74, 6) is 0. The molecule has 0 spiro atoms. The van der Waals surface area contributed by atoms with Gasteiger partial charge in [0.15, 0.2) is 0 Å². The highest BCUT2D eigenvalue weighted by atomic mass is 32.2. The lowest BCUT2D eigenvalue weighted by atomic mass is 10.1. The molecule has 0 saturated heterocycles. The Hall–Kier alpha value is -2.00. The standard InChI is InChI=1S/C14H15F3N2O3S/c1-2-19(8-10-5-6-22-9-10)11-3-4-13(23(18,20)21)12(7-11)14(15,16)17/h3-7,9H,2,8H2,1H3,(H2,18,20,21). The SMILES string of the molecule is CCN(Cc1ccoc1)c1ccc(S(N)(=O)=O)c(C(F)(F)F)c1. The first kappa shape index (κ1) is 17.4. The number of anilines is 1. The predicted octanol–water partition coefficient (Wildman–Crippen LogP) is 2.97. The molecule has 0 radical (unpaired) electrons. The molecule has 9 heteroatoms. The van der Waals surface area contributed by atoms with Gasteiger partial charge in [-0.1, -0.05) is 0 Å². The Morgan fingerprint density at radius 2 is 1.96 bits per heavy atom. The minimum Gasteiger partial charge on any atom is -0.472 e. The van der Waals surface area contributed by atoms with Crippen molar-refractivity contribution in [2.45, 2.75) is 24.5 Å². The molecular formula is C14H15F3N2O3S. The molecule has 0 aliphatic carbocycles. The Labute approximate surface area is 131 Å². The lowest BCUT2D eigenvalue weighted by Gasteiger charge is -2.24. The van der Waals surface area contributed by atoms with Crippen LogP contribution in [0.4, 0.5) is 18.9 Å². The summed E-state index contributed by atoms with van der Waals surface area (Å²) in [6.07, 6.45) is -1.87. The van der Waals surface area contributed by atoms with Crippen molar-refractivity contribution in [1.29, 1.82) is 0 Å². The minimum atomic E-state index is -4.83. The fourth-order valence-electron chi connectivity index (χ4n) is 2.17. The second-order valence-electron chi connectivity index (χ2n) is 4.87. The summed E-state index contributed by atoms with van der Waals surface area (Å²) in [6, 6.07) is 4.68. The van der Waals surface area contributed by atoms with Gasteiger partial charge >= 0.3 is 6.18 Å². The average molecular weight is 348 g/mol. The van der Waals surface area contributed by atoms with E-state index in [1.165, 1.54) is 18.6 Å². The number of hydrogen-bond donors (Lipinski definition) is 1. The van der Waals surface area contributed by atoms with Crippen molar-refractivity contribution in [2.75, 3.05) is 11.4 Å². The predicted molar refractivity (Wildman–Crippen MR) is 78.2 cm³/mol. The molecule has 1 aromatic carbocycles. The number of rotatable bonds is 5. The van der Waals surface area contributed by atoms with E-state index in [1.807, 2.05) is 0 Å². The van der Waals surface area contributed by atoms with E-state index in [4.69, 9.17) is 9.56 Å². The number of nitrogens with zero attached hydrogens (tertiary/aromatic N) is 1. The van der Waals surface area contributed by atoms with Crippen LogP contribution in [0.2, 0.25) is 0 Å². The van der Waals surface area contributed by atoms with Gasteiger partial charge in [-0.15, -0.1) is 0 Å². The first-order chi connectivity index (χ1) is 10.6.